The number of benzene rings is 1. The van der Waals surface area contributed by atoms with Gasteiger partial charge >= 0.3 is 11.9 Å². The summed E-state index contributed by atoms with van der Waals surface area (Å²) in [5.41, 5.74) is 16.3. The molecule has 4 atom stereocenters. The van der Waals surface area contributed by atoms with Gasteiger partial charge in [-0.05, 0) is 12.0 Å². The van der Waals surface area contributed by atoms with E-state index in [1.807, 2.05) is 0 Å². The predicted molar refractivity (Wildman–Crippen MR) is 126 cm³/mol. The molecule has 0 aliphatic heterocycles. The maximum atomic E-state index is 13.1. The van der Waals surface area contributed by atoms with Crippen molar-refractivity contribution >= 4 is 41.5 Å². The number of carboxylic acids is 2. The predicted octanol–water partition coefficient (Wildman–Crippen LogP) is -3.29. The smallest absolute Gasteiger partial charge is 0.326 e. The molecule has 0 spiro atoms. The Morgan fingerprint density at radius 2 is 1.27 bits per heavy atom. The minimum absolute atomic E-state index is 0.0977. The van der Waals surface area contributed by atoms with Crippen molar-refractivity contribution in [2.24, 2.45) is 17.2 Å². The fourth-order valence-electron chi connectivity index (χ4n) is 3.12. The summed E-state index contributed by atoms with van der Waals surface area (Å²) in [6, 6.07) is 2.32. The molecule has 15 nitrogen and oxygen atoms in total. The Morgan fingerprint density at radius 1 is 0.730 bits per heavy atom. The second-order valence-electron chi connectivity index (χ2n) is 8.09. The monoisotopic (exact) mass is 522 g/mol. The fraction of sp³-hybridized carbons (Fsp3) is 0.409. The number of carbonyl (C=O) groups is 7. The zero-order chi connectivity index (χ0) is 28.1. The number of carbonyl (C=O) groups excluding carboxylic acids is 5. The van der Waals surface area contributed by atoms with E-state index >= 15 is 0 Å². The Bertz CT molecular complexity index is 1020. The maximum absolute atomic E-state index is 13.1. The van der Waals surface area contributed by atoms with Gasteiger partial charge in [0.25, 0.3) is 0 Å². The van der Waals surface area contributed by atoms with Crippen molar-refractivity contribution in [3.8, 4) is 0 Å². The molecular formula is C22H30N6O9. The average Bonchev–Trinajstić information content (AvgIpc) is 2.80. The quantitative estimate of drug-likeness (QED) is 0.107. The molecule has 1 aromatic carbocycles. The van der Waals surface area contributed by atoms with E-state index in [1.54, 1.807) is 30.3 Å². The lowest BCUT2D eigenvalue weighted by Crippen LogP contribution is -2.58. The van der Waals surface area contributed by atoms with E-state index in [0.29, 0.717) is 5.56 Å². The Labute approximate surface area is 211 Å². The molecule has 0 bridgehead atoms. The summed E-state index contributed by atoms with van der Waals surface area (Å²) in [5.74, 6) is -7.62. The van der Waals surface area contributed by atoms with Crippen molar-refractivity contribution in [1.29, 1.82) is 0 Å². The van der Waals surface area contributed by atoms with Crippen molar-refractivity contribution in [3.63, 3.8) is 0 Å². The van der Waals surface area contributed by atoms with Crippen LogP contribution in [-0.2, 0) is 40.0 Å². The molecule has 0 radical (unpaired) electrons. The van der Waals surface area contributed by atoms with Crippen molar-refractivity contribution in [2.75, 3.05) is 0 Å². The second-order valence-corrected chi connectivity index (χ2v) is 8.09. The number of nitrogens with two attached hydrogens (primary N) is 3. The highest BCUT2D eigenvalue weighted by Crippen LogP contribution is 2.06. The number of aliphatic carboxylic acids is 2. The van der Waals surface area contributed by atoms with E-state index in [2.05, 4.69) is 16.0 Å². The van der Waals surface area contributed by atoms with Crippen molar-refractivity contribution in [2.45, 2.75) is 56.3 Å². The van der Waals surface area contributed by atoms with Crippen LogP contribution in [-0.4, -0.2) is 75.9 Å². The molecule has 0 heterocycles. The van der Waals surface area contributed by atoms with Crippen LogP contribution in [0.15, 0.2) is 30.3 Å². The fourth-order valence-corrected chi connectivity index (χ4v) is 3.12. The van der Waals surface area contributed by atoms with Crippen molar-refractivity contribution in [1.82, 2.24) is 16.0 Å². The minimum Gasteiger partial charge on any atom is -0.481 e. The number of hydrogen-bond donors (Lipinski definition) is 8. The molecule has 0 saturated carbocycles. The highest BCUT2D eigenvalue weighted by Gasteiger charge is 2.31. The second kappa shape index (κ2) is 14.8. The van der Waals surface area contributed by atoms with Crippen molar-refractivity contribution in [3.05, 3.63) is 35.9 Å². The Hall–Kier alpha value is -4.53. The van der Waals surface area contributed by atoms with Gasteiger partial charge in [-0.1, -0.05) is 30.3 Å². The lowest BCUT2D eigenvalue weighted by Gasteiger charge is -2.24. The molecule has 15 heteroatoms. The summed E-state index contributed by atoms with van der Waals surface area (Å²) in [7, 11) is 0. The highest BCUT2D eigenvalue weighted by atomic mass is 16.4. The first-order valence-electron chi connectivity index (χ1n) is 11.0. The number of hydrogen-bond acceptors (Lipinski definition) is 8. The van der Waals surface area contributed by atoms with Gasteiger partial charge in [-0.25, -0.2) is 4.79 Å². The normalized spacial score (nSPS) is 13.8. The van der Waals surface area contributed by atoms with Crippen LogP contribution in [0.25, 0.3) is 0 Å². The Kier molecular flexibility index (Phi) is 12.2. The minimum atomic E-state index is -1.64. The molecule has 0 aliphatic rings. The summed E-state index contributed by atoms with van der Waals surface area (Å²) in [6.45, 7) is 0. The molecule has 0 aromatic heterocycles. The summed E-state index contributed by atoms with van der Waals surface area (Å²) in [4.78, 5) is 83.0. The van der Waals surface area contributed by atoms with Gasteiger partial charge in [0.2, 0.25) is 29.5 Å². The van der Waals surface area contributed by atoms with Crippen LogP contribution >= 0.6 is 0 Å². The van der Waals surface area contributed by atoms with Crippen molar-refractivity contribution < 1.29 is 43.8 Å². The van der Waals surface area contributed by atoms with Gasteiger partial charge in [-0.3, -0.25) is 28.8 Å². The van der Waals surface area contributed by atoms with Crippen LogP contribution in [0.1, 0.15) is 31.2 Å². The topological polar surface area (TPSA) is 274 Å². The first-order valence-corrected chi connectivity index (χ1v) is 11.0. The number of nitrogens with one attached hydrogen (secondary N) is 3. The molecular weight excluding hydrogens is 492 g/mol. The standard InChI is InChI=1S/C22H30N6O9/c23-12(9-18(31)32)19(33)27-14(8-11-4-2-1-3-5-11)20(34)28-15(10-17(25)30)21(35)26-13(22(36)37)6-7-16(24)29/h1-5,12-15H,6-10,23H2,(H2,24,29)(H2,25,30)(H,26,35)(H,27,33)(H,28,34)(H,31,32)(H,36,37)/t12-,13-,14-,15-/m0/s1. The molecule has 1 aromatic rings. The average molecular weight is 523 g/mol. The summed E-state index contributed by atoms with van der Waals surface area (Å²) < 4.78 is 0. The number of carboxylic acid groups (broad SMARTS) is 2. The van der Waals surface area contributed by atoms with Gasteiger partial charge < -0.3 is 43.4 Å². The van der Waals surface area contributed by atoms with Crippen LogP contribution in [0.4, 0.5) is 0 Å². The third-order valence-corrected chi connectivity index (χ3v) is 4.98. The first-order chi connectivity index (χ1) is 17.3. The molecule has 0 saturated heterocycles. The number of amides is 5. The van der Waals surface area contributed by atoms with E-state index in [9.17, 15) is 38.7 Å². The van der Waals surface area contributed by atoms with Gasteiger partial charge in [0.15, 0.2) is 0 Å². The maximum Gasteiger partial charge on any atom is 0.326 e. The van der Waals surface area contributed by atoms with Crippen LogP contribution in [0.2, 0.25) is 0 Å². The highest BCUT2D eigenvalue weighted by molar-refractivity contribution is 5.96. The lowest BCUT2D eigenvalue weighted by molar-refractivity contribution is -0.142. The van der Waals surface area contributed by atoms with E-state index < -0.39 is 78.5 Å². The van der Waals surface area contributed by atoms with Crippen LogP contribution < -0.4 is 33.2 Å². The summed E-state index contributed by atoms with van der Waals surface area (Å²) in [6.07, 6.45) is -2.22. The van der Waals surface area contributed by atoms with Gasteiger partial charge in [0.1, 0.15) is 18.1 Å². The molecule has 0 aliphatic carbocycles. The lowest BCUT2D eigenvalue weighted by atomic mass is 10.0. The Balaban J connectivity index is 3.11. The number of primary amides is 2. The molecule has 37 heavy (non-hydrogen) atoms. The number of rotatable bonds is 16. The van der Waals surface area contributed by atoms with E-state index in [0.717, 1.165) is 0 Å². The third kappa shape index (κ3) is 11.6. The molecule has 11 N–H and O–H groups in total. The van der Waals surface area contributed by atoms with E-state index in [1.165, 1.54) is 0 Å². The van der Waals surface area contributed by atoms with E-state index in [4.69, 9.17) is 22.3 Å². The van der Waals surface area contributed by atoms with Gasteiger partial charge in [0, 0.05) is 12.8 Å². The zero-order valence-corrected chi connectivity index (χ0v) is 19.7. The Morgan fingerprint density at radius 3 is 1.78 bits per heavy atom. The first kappa shape index (κ1) is 30.5. The van der Waals surface area contributed by atoms with E-state index in [-0.39, 0.29) is 19.3 Å². The molecule has 0 unspecified atom stereocenters. The molecule has 1 rings (SSSR count). The molecule has 202 valence electrons. The van der Waals surface area contributed by atoms with Crippen LogP contribution in [0, 0.1) is 0 Å². The SMILES string of the molecule is NC(=O)CC[C@H](NC(=O)[C@H](CC(N)=O)NC(=O)[C@H](Cc1ccccc1)NC(=O)[C@@H](N)CC(=O)O)C(=O)O. The van der Waals surface area contributed by atoms with Crippen LogP contribution in [0.3, 0.4) is 0 Å². The molecule has 0 fully saturated rings. The summed E-state index contributed by atoms with van der Waals surface area (Å²) in [5, 5.41) is 24.9. The molecule has 5 amide bonds. The zero-order valence-electron chi connectivity index (χ0n) is 19.7. The van der Waals surface area contributed by atoms with Gasteiger partial charge in [0.05, 0.1) is 18.9 Å². The summed E-state index contributed by atoms with van der Waals surface area (Å²) >= 11 is 0. The third-order valence-electron chi connectivity index (χ3n) is 4.98. The van der Waals surface area contributed by atoms with Gasteiger partial charge in [-0.15, -0.1) is 0 Å². The van der Waals surface area contributed by atoms with Gasteiger partial charge in [-0.2, -0.15) is 0 Å². The largest absolute Gasteiger partial charge is 0.481 e. The van der Waals surface area contributed by atoms with Crippen LogP contribution in [0.5, 0.6) is 0 Å².